The van der Waals surface area contributed by atoms with Crippen molar-refractivity contribution in [3.8, 4) is 0 Å². The van der Waals surface area contributed by atoms with Crippen LogP contribution in [0.1, 0.15) is 99.6 Å². The molecule has 7 atom stereocenters. The predicted molar refractivity (Wildman–Crippen MR) is 515 cm³/mol. The van der Waals surface area contributed by atoms with E-state index in [1.54, 1.807) is 77.3 Å². The van der Waals surface area contributed by atoms with Gasteiger partial charge in [-0.2, -0.15) is 11.8 Å². The fraction of sp³-hybridized carbons (Fsp3) is 0.589. The van der Waals surface area contributed by atoms with Gasteiger partial charge in [0.05, 0.1) is 82.5 Å². The molecule has 0 spiro atoms. The average molecular weight is 2020 g/mol. The number of carbonyl (C=O) groups excluding carboxylic acids is 14. The van der Waals surface area contributed by atoms with Gasteiger partial charge in [0.25, 0.3) is 5.91 Å². The standard InChI is InChI=1S/C90H137N25O26S/c1-56(2)41-66(87(138)102-65(83(93)134)19-40-142-6)104-88(139)68(43-62-44-94-55-98-62)101-72(118)45-97-89(140)82(57(3)4)105-84(135)58(5)99-86(137)67(42-60-46-115(69-10-8-7-9-63(60)69)90(141)64(91)15-16-70(92)116)103-85(136)59-11-13-61(14-12-59)100-71(117)17-18-75(121)114(22-20-95-73(119)47-106-24-28-108(49-76(122)123)32-36-112(53-80(130)131)37-33-109(29-25-106)50-77(124)125)23-21-96-74(120)48-107-26-30-110(51-78(126)127)34-38-113(54-81(132)133)39-35-111(31-27-107)52-79(128)129/h7-14,44,46,55-58,64-68,82H,15-43,45,47-54,91H2,1-6H3,(H2,92,116)(H2,93,134)(H,94,98)(H,95,119)(H,96,120)(H,97,140)(H,99,137)(H,100,117)(H,101,118)(H,102,138)(H,103,136)(H,104,139)(H,105,135)(H,122,123)(H,124,125)(H,126,127)(H,128,129)(H,130,131)(H,132,133)/t58-,64-,65-,66-,67-,68-,82-/m0/s1. The number of para-hydroxylation sites is 1. The lowest BCUT2D eigenvalue weighted by molar-refractivity contribution is -0.140. The summed E-state index contributed by atoms with van der Waals surface area (Å²) in [6.45, 7) is 5.33. The number of carbonyl (C=O) groups is 20. The van der Waals surface area contributed by atoms with E-state index in [-0.39, 0.29) is 213 Å². The first-order valence-electron chi connectivity index (χ1n) is 46.7. The zero-order valence-corrected chi connectivity index (χ0v) is 81.6. The first-order chi connectivity index (χ1) is 67.3. The second kappa shape index (κ2) is 60.8. The van der Waals surface area contributed by atoms with Crippen LogP contribution in [0.25, 0.3) is 10.9 Å². The molecule has 2 aromatic carbocycles. The second-order valence-electron chi connectivity index (χ2n) is 35.5. The third kappa shape index (κ3) is 43.9. The predicted octanol–water partition coefficient (Wildman–Crippen LogP) is -6.59. The third-order valence-electron chi connectivity index (χ3n) is 23.3. The van der Waals surface area contributed by atoms with Crippen LogP contribution in [0.2, 0.25) is 0 Å². The van der Waals surface area contributed by atoms with E-state index >= 15 is 0 Å². The summed E-state index contributed by atoms with van der Waals surface area (Å²) in [5.74, 6) is -17.8. The maximum Gasteiger partial charge on any atom is 0.317 e. The number of aromatic amines is 1. The number of H-pyrrole nitrogens is 1. The number of benzene rings is 2. The van der Waals surface area contributed by atoms with Crippen molar-refractivity contribution in [2.24, 2.45) is 29.0 Å². The molecule has 2 saturated heterocycles. The van der Waals surface area contributed by atoms with E-state index in [0.29, 0.717) is 27.9 Å². The molecule has 784 valence electrons. The molecule has 6 rings (SSSR count). The van der Waals surface area contributed by atoms with Gasteiger partial charge in [0.2, 0.25) is 76.8 Å². The fourth-order valence-corrected chi connectivity index (χ4v) is 16.1. The van der Waals surface area contributed by atoms with Crippen LogP contribution in [0.15, 0.2) is 67.3 Å². The number of hydrogen-bond donors (Lipinski definition) is 20. The van der Waals surface area contributed by atoms with Gasteiger partial charge >= 0.3 is 35.8 Å². The number of imidazole rings is 1. The van der Waals surface area contributed by atoms with Crippen LogP contribution in [-0.2, 0) is 99.1 Å². The van der Waals surface area contributed by atoms with E-state index in [9.17, 15) is 127 Å². The van der Waals surface area contributed by atoms with E-state index < -0.39 is 212 Å². The molecule has 23 N–H and O–H groups in total. The van der Waals surface area contributed by atoms with Gasteiger partial charge in [0.1, 0.15) is 36.3 Å². The number of aromatic nitrogens is 3. The quantitative estimate of drug-likeness (QED) is 0.0195. The minimum Gasteiger partial charge on any atom is -0.480 e. The molecule has 4 heterocycles. The molecule has 4 aromatic rings. The molecular formula is C90H137N25O26S. The molecule has 0 unspecified atom stereocenters. The number of aliphatic carboxylic acids is 6. The van der Waals surface area contributed by atoms with Crippen LogP contribution in [0.5, 0.6) is 0 Å². The van der Waals surface area contributed by atoms with Crippen LogP contribution in [0.4, 0.5) is 5.69 Å². The van der Waals surface area contributed by atoms with Gasteiger partial charge in [-0.05, 0) is 85.9 Å². The summed E-state index contributed by atoms with van der Waals surface area (Å²) in [6, 6.07) is 2.56. The van der Waals surface area contributed by atoms with Crippen molar-refractivity contribution in [2.75, 3.05) is 207 Å². The van der Waals surface area contributed by atoms with Crippen molar-refractivity contribution in [3.63, 3.8) is 0 Å². The van der Waals surface area contributed by atoms with Gasteiger partial charge in [-0.3, -0.25) is 140 Å². The van der Waals surface area contributed by atoms with Crippen LogP contribution < -0.4 is 70.4 Å². The maximum atomic E-state index is 14.8. The highest BCUT2D eigenvalue weighted by molar-refractivity contribution is 7.98. The normalized spacial score (nSPS) is 16.1. The molecule has 13 amide bonds. The smallest absolute Gasteiger partial charge is 0.317 e. The molecular weight excluding hydrogens is 1880 g/mol. The number of anilines is 1. The highest BCUT2D eigenvalue weighted by atomic mass is 32.2. The van der Waals surface area contributed by atoms with Gasteiger partial charge in [0, 0.05) is 192 Å². The van der Waals surface area contributed by atoms with Crippen LogP contribution >= 0.6 is 11.8 Å². The van der Waals surface area contributed by atoms with Gasteiger partial charge in [-0.25, -0.2) is 4.98 Å². The Labute approximate surface area is 824 Å². The number of nitrogens with two attached hydrogens (primary N) is 3. The zero-order chi connectivity index (χ0) is 105. The summed E-state index contributed by atoms with van der Waals surface area (Å²) in [6.07, 6.45) is 4.58. The molecule has 142 heavy (non-hydrogen) atoms. The fourth-order valence-electron chi connectivity index (χ4n) is 15.6. The molecule has 52 heteroatoms. The molecule has 51 nitrogen and oxygen atoms in total. The van der Waals surface area contributed by atoms with E-state index in [0.717, 1.165) is 0 Å². The van der Waals surface area contributed by atoms with Gasteiger partial charge in [-0.1, -0.05) is 45.9 Å². The van der Waals surface area contributed by atoms with E-state index in [1.807, 2.05) is 20.1 Å². The number of hydrogen-bond acceptors (Lipinski definition) is 31. The molecule has 0 saturated carbocycles. The number of carboxylic acids is 6. The van der Waals surface area contributed by atoms with Crippen molar-refractivity contribution < 1.29 is 127 Å². The first-order valence-corrected chi connectivity index (χ1v) is 48.0. The summed E-state index contributed by atoms with van der Waals surface area (Å²) >= 11 is 1.43. The van der Waals surface area contributed by atoms with Gasteiger partial charge in [0.15, 0.2) is 0 Å². The number of nitrogens with zero attached hydrogens (tertiary/aromatic N) is 11. The summed E-state index contributed by atoms with van der Waals surface area (Å²) in [5, 5.41) is 85.2. The lowest BCUT2D eigenvalue weighted by Crippen LogP contribution is -2.59. The number of primary amides is 2. The molecule has 0 bridgehead atoms. The summed E-state index contributed by atoms with van der Waals surface area (Å²) in [4.78, 5) is 286. The molecule has 0 aliphatic carbocycles. The lowest BCUT2D eigenvalue weighted by Gasteiger charge is -2.33. The van der Waals surface area contributed by atoms with E-state index in [2.05, 4.69) is 63.1 Å². The first kappa shape index (κ1) is 117. The molecule has 2 aromatic heterocycles. The number of rotatable bonds is 55. The number of fused-ring (bicyclic) bond motifs is 1. The maximum absolute atomic E-state index is 14.8. The van der Waals surface area contributed by atoms with Crippen LogP contribution in [0, 0.1) is 11.8 Å². The highest BCUT2D eigenvalue weighted by Crippen LogP contribution is 2.25. The van der Waals surface area contributed by atoms with Crippen molar-refractivity contribution in [1.29, 1.82) is 0 Å². The lowest BCUT2D eigenvalue weighted by atomic mass is 10.0. The second-order valence-corrected chi connectivity index (χ2v) is 36.5. The van der Waals surface area contributed by atoms with Crippen LogP contribution in [-0.4, -0.2) is 452 Å². The minimum atomic E-state index is -1.59. The topological polar surface area (TPSA) is 724 Å². The van der Waals surface area contributed by atoms with Crippen molar-refractivity contribution in [2.45, 2.75) is 128 Å². The Morgan fingerprint density at radius 3 is 1.34 bits per heavy atom. The SMILES string of the molecule is CSCC[C@H](NC(=O)[C@H](CC(C)C)NC(=O)[C@H](Cc1c[nH]cn1)NC(=O)CNC(=O)[C@@H](NC(=O)[C@H](C)NC(=O)[C@H](Cc1cn(C(=O)[C@@H](N)CCC(N)=O)c2ccccc12)NC(=O)c1ccc(NC(=O)CCC(=O)N(CCNC(=O)CN2CCN(CC(=O)O)CCN(CC(=O)O)CCN(CC(=O)O)CC2)CCNC(=O)CN2CCN(CC(=O)O)CCN(CC(=O)O)CCN(CC(=O)O)CC2)cc1)C(C)C)C(N)=O. The Kier molecular flexibility index (Phi) is 50.3. The minimum absolute atomic E-state index is 0.0830. The Morgan fingerprint density at radius 1 is 0.465 bits per heavy atom. The van der Waals surface area contributed by atoms with Gasteiger partial charge < -0.3 is 111 Å². The Hall–Kier alpha value is -13.2. The molecule has 2 fully saturated rings. The largest absolute Gasteiger partial charge is 0.480 e. The van der Waals surface area contributed by atoms with Gasteiger partial charge in [-0.15, -0.1) is 0 Å². The Balaban J connectivity index is 1.19. The Morgan fingerprint density at radius 2 is 0.908 bits per heavy atom. The van der Waals surface area contributed by atoms with Crippen molar-refractivity contribution in [3.05, 3.63) is 84.1 Å². The van der Waals surface area contributed by atoms with Crippen molar-refractivity contribution >= 4 is 147 Å². The summed E-state index contributed by atoms with van der Waals surface area (Å²) < 4.78 is 1.23. The van der Waals surface area contributed by atoms with Crippen LogP contribution in [0.3, 0.4) is 0 Å². The monoisotopic (exact) mass is 2020 g/mol. The number of carboxylic acid groups (broad SMARTS) is 6. The zero-order valence-electron chi connectivity index (χ0n) is 80.8. The summed E-state index contributed by atoms with van der Waals surface area (Å²) in [5.41, 5.74) is 18.3. The van der Waals surface area contributed by atoms with E-state index in [4.69, 9.17) is 17.2 Å². The molecule has 2 aliphatic heterocycles. The van der Waals surface area contributed by atoms with Crippen molar-refractivity contribution in [1.82, 2.24) is 106 Å². The average Bonchev–Trinajstić information content (AvgIpc) is 1.63. The summed E-state index contributed by atoms with van der Waals surface area (Å²) in [7, 11) is 0. The molecule has 0 radical (unpaired) electrons. The molecule has 2 aliphatic rings. The number of thioether (sulfide) groups is 1. The number of amides is 13. The highest BCUT2D eigenvalue weighted by Gasteiger charge is 2.36. The van der Waals surface area contributed by atoms with E-state index in [1.165, 1.54) is 71.1 Å². The third-order valence-corrected chi connectivity index (χ3v) is 23.9. The number of nitrogens with one attached hydrogen (secondary N) is 11. The Bertz CT molecular complexity index is 4780.